The van der Waals surface area contributed by atoms with E-state index >= 15 is 0 Å². The maximum atomic E-state index is 11.9. The summed E-state index contributed by atoms with van der Waals surface area (Å²) in [6.45, 7) is 0. The molecule has 0 saturated carbocycles. The SMILES string of the molecule is FC(F)(F)Cc1ccc([O][Zr+2])cc1.[Cl-].[Cl-]. The fourth-order valence-electron chi connectivity index (χ4n) is 0.907. The third kappa shape index (κ3) is 7.21. The van der Waals surface area contributed by atoms with Gasteiger partial charge >= 0.3 is 89.3 Å². The van der Waals surface area contributed by atoms with E-state index in [2.05, 4.69) is 0 Å². The van der Waals surface area contributed by atoms with E-state index in [-0.39, 0.29) is 30.4 Å². The number of benzene rings is 1. The van der Waals surface area contributed by atoms with Gasteiger partial charge in [-0.2, -0.15) is 0 Å². The first kappa shape index (κ1) is 17.7. The van der Waals surface area contributed by atoms with Crippen molar-refractivity contribution >= 4 is 0 Å². The first-order valence-corrected chi connectivity index (χ1v) is 4.51. The minimum absolute atomic E-state index is 0. The minimum Gasteiger partial charge on any atom is -1.00 e. The molecule has 15 heavy (non-hydrogen) atoms. The van der Waals surface area contributed by atoms with Gasteiger partial charge in [-0.15, -0.1) is 0 Å². The van der Waals surface area contributed by atoms with Crippen molar-refractivity contribution in [2.45, 2.75) is 12.6 Å². The zero-order valence-electron chi connectivity index (χ0n) is 7.31. The molecule has 0 saturated heterocycles. The minimum atomic E-state index is -4.14. The molecular formula is C8H6Cl2F3OZr. The molecule has 0 unspecified atom stereocenters. The van der Waals surface area contributed by atoms with Gasteiger partial charge in [-0.05, 0) is 0 Å². The average Bonchev–Trinajstić information content (AvgIpc) is 2.03. The van der Waals surface area contributed by atoms with Crippen LogP contribution in [-0.2, 0) is 31.6 Å². The van der Waals surface area contributed by atoms with Crippen LogP contribution in [0.4, 0.5) is 13.2 Å². The molecule has 1 aromatic rings. The van der Waals surface area contributed by atoms with Crippen LogP contribution in [0.15, 0.2) is 24.3 Å². The Balaban J connectivity index is 0. The molecule has 0 aromatic heterocycles. The molecule has 1 aromatic carbocycles. The second-order valence-corrected chi connectivity index (χ2v) is 3.04. The summed E-state index contributed by atoms with van der Waals surface area (Å²) in [5, 5.41) is 0. The summed E-state index contributed by atoms with van der Waals surface area (Å²) in [5.74, 6) is 0.601. The van der Waals surface area contributed by atoms with Gasteiger partial charge < -0.3 is 24.8 Å². The Bertz CT molecular complexity index is 276. The van der Waals surface area contributed by atoms with Crippen molar-refractivity contribution in [2.24, 2.45) is 0 Å². The van der Waals surface area contributed by atoms with Gasteiger partial charge in [-0.25, -0.2) is 0 Å². The summed E-state index contributed by atoms with van der Waals surface area (Å²) in [4.78, 5) is 0. The molecule has 0 N–H and O–H groups in total. The largest absolute Gasteiger partial charge is 1.00 e. The molecule has 0 radical (unpaired) electrons. The van der Waals surface area contributed by atoms with Crippen LogP contribution in [0.2, 0.25) is 0 Å². The molecule has 0 aliphatic heterocycles. The predicted molar refractivity (Wildman–Crippen MR) is 36.8 cm³/mol. The molecular weight excluding hydrogens is 331 g/mol. The zero-order chi connectivity index (χ0) is 9.90. The van der Waals surface area contributed by atoms with Gasteiger partial charge in [0.15, 0.2) is 0 Å². The number of halogens is 5. The number of hydrogen-bond donors (Lipinski definition) is 0. The molecule has 0 amide bonds. The van der Waals surface area contributed by atoms with Crippen molar-refractivity contribution in [2.75, 3.05) is 0 Å². The predicted octanol–water partition coefficient (Wildman–Crippen LogP) is -3.36. The Morgan fingerprint density at radius 2 is 1.53 bits per heavy atom. The second-order valence-electron chi connectivity index (χ2n) is 2.54. The van der Waals surface area contributed by atoms with Crippen LogP contribution < -0.4 is 27.6 Å². The van der Waals surface area contributed by atoms with E-state index in [0.717, 1.165) is 25.2 Å². The smallest absolute Gasteiger partial charge is 1.00 e. The molecule has 83 valence electrons. The van der Waals surface area contributed by atoms with Gasteiger partial charge in [0.1, 0.15) is 0 Å². The third-order valence-corrected chi connectivity index (χ3v) is 2.03. The van der Waals surface area contributed by atoms with E-state index in [1.807, 2.05) is 0 Å². The molecule has 1 rings (SSSR count). The van der Waals surface area contributed by atoms with Crippen molar-refractivity contribution < 1.29 is 66.0 Å². The average molecular weight is 337 g/mol. The maximum absolute atomic E-state index is 11.9. The van der Waals surface area contributed by atoms with E-state index in [4.69, 9.17) is 2.81 Å². The molecule has 0 heterocycles. The van der Waals surface area contributed by atoms with Crippen molar-refractivity contribution in [1.29, 1.82) is 0 Å². The van der Waals surface area contributed by atoms with Crippen LogP contribution >= 0.6 is 0 Å². The Morgan fingerprint density at radius 3 is 1.87 bits per heavy atom. The van der Waals surface area contributed by atoms with Gasteiger partial charge in [0.2, 0.25) is 0 Å². The van der Waals surface area contributed by atoms with Crippen LogP contribution in [0.5, 0.6) is 5.75 Å². The van der Waals surface area contributed by atoms with Gasteiger partial charge in [0.05, 0.1) is 0 Å². The summed E-state index contributed by atoms with van der Waals surface area (Å²) >= 11 is 0.871. The quantitative estimate of drug-likeness (QED) is 0.548. The maximum Gasteiger partial charge on any atom is -1.00 e. The molecule has 0 aliphatic rings. The number of alkyl halides is 3. The Hall–Kier alpha value is 0.273. The topological polar surface area (TPSA) is 9.23 Å². The van der Waals surface area contributed by atoms with E-state index in [1.165, 1.54) is 24.3 Å². The standard InChI is InChI=1S/C8H7F3O.2ClH.Zr/c9-8(10,11)5-6-1-3-7(12)4-2-6;;;/h1-4,12H,5H2;2*1H;/q;;;+3/p-3. The molecule has 0 spiro atoms. The molecule has 7 heteroatoms. The summed E-state index contributed by atoms with van der Waals surface area (Å²) < 4.78 is 40.6. The summed E-state index contributed by atoms with van der Waals surface area (Å²) in [5.41, 5.74) is 0.254. The third-order valence-electron chi connectivity index (χ3n) is 1.45. The summed E-state index contributed by atoms with van der Waals surface area (Å²) in [6, 6.07) is 5.92. The van der Waals surface area contributed by atoms with E-state index in [0.29, 0.717) is 5.75 Å². The monoisotopic (exact) mass is 335 g/mol. The van der Waals surface area contributed by atoms with Gasteiger partial charge in [0, 0.05) is 0 Å². The Kier molecular flexibility index (Phi) is 8.87. The van der Waals surface area contributed by atoms with Crippen molar-refractivity contribution in [3.8, 4) is 5.75 Å². The molecule has 0 atom stereocenters. The van der Waals surface area contributed by atoms with Crippen LogP contribution in [0, 0.1) is 0 Å². The molecule has 0 aliphatic carbocycles. The number of hydrogen-bond acceptors (Lipinski definition) is 1. The fourth-order valence-corrected chi connectivity index (χ4v) is 1.24. The van der Waals surface area contributed by atoms with Crippen LogP contribution in [-0.4, -0.2) is 6.18 Å². The zero-order valence-corrected chi connectivity index (χ0v) is 11.3. The normalized spacial score (nSPS) is 9.93. The van der Waals surface area contributed by atoms with Crippen molar-refractivity contribution in [3.63, 3.8) is 0 Å². The Labute approximate surface area is 114 Å². The first-order valence-electron chi connectivity index (χ1n) is 3.50. The van der Waals surface area contributed by atoms with E-state index < -0.39 is 12.6 Å². The van der Waals surface area contributed by atoms with Crippen LogP contribution in [0.1, 0.15) is 5.56 Å². The molecule has 1 nitrogen and oxygen atoms in total. The van der Waals surface area contributed by atoms with E-state index in [1.54, 1.807) is 0 Å². The van der Waals surface area contributed by atoms with E-state index in [9.17, 15) is 13.2 Å². The van der Waals surface area contributed by atoms with Gasteiger partial charge in [-0.1, -0.05) is 0 Å². The Morgan fingerprint density at radius 1 is 1.07 bits per heavy atom. The first-order chi connectivity index (χ1) is 6.01. The summed E-state index contributed by atoms with van der Waals surface area (Å²) in [6.07, 6.45) is -5.02. The number of rotatable bonds is 2. The fraction of sp³-hybridized carbons (Fsp3) is 0.250. The van der Waals surface area contributed by atoms with Gasteiger partial charge in [0.25, 0.3) is 0 Å². The summed E-state index contributed by atoms with van der Waals surface area (Å²) in [7, 11) is 0. The second kappa shape index (κ2) is 7.53. The van der Waals surface area contributed by atoms with Gasteiger partial charge in [-0.3, -0.25) is 0 Å². The molecule has 0 fully saturated rings. The van der Waals surface area contributed by atoms with Crippen molar-refractivity contribution in [3.05, 3.63) is 29.8 Å². The van der Waals surface area contributed by atoms with Crippen LogP contribution in [0.3, 0.4) is 0 Å². The van der Waals surface area contributed by atoms with Crippen molar-refractivity contribution in [1.82, 2.24) is 0 Å². The molecule has 0 bridgehead atoms. The van der Waals surface area contributed by atoms with Crippen LogP contribution in [0.25, 0.3) is 0 Å².